The molecule has 2 aromatic rings. The number of halogens is 3. The minimum Gasteiger partial charge on any atom is -0.497 e. The third-order valence-electron chi connectivity index (χ3n) is 4.62. The maximum atomic E-state index is 15.2. The van der Waals surface area contributed by atoms with Crippen LogP contribution in [0.3, 0.4) is 0 Å². The molecule has 0 aromatic heterocycles. The Balaban J connectivity index is 2.06. The zero-order valence-electron chi connectivity index (χ0n) is 14.2. The van der Waals surface area contributed by atoms with Crippen molar-refractivity contribution < 1.29 is 23.0 Å². The van der Waals surface area contributed by atoms with Gasteiger partial charge in [0.15, 0.2) is 6.04 Å². The van der Waals surface area contributed by atoms with Crippen LogP contribution in [0.15, 0.2) is 48.5 Å². The van der Waals surface area contributed by atoms with Crippen LogP contribution in [-0.2, 0) is 9.53 Å². The van der Waals surface area contributed by atoms with Crippen molar-refractivity contribution in [3.05, 3.63) is 64.7 Å². The van der Waals surface area contributed by atoms with Crippen molar-refractivity contribution in [1.82, 2.24) is 5.32 Å². The zero-order chi connectivity index (χ0) is 18.9. The minimum atomic E-state index is -3.34. The maximum absolute atomic E-state index is 15.2. The van der Waals surface area contributed by atoms with Gasteiger partial charge in [0.25, 0.3) is 5.92 Å². The first-order valence-corrected chi connectivity index (χ1v) is 8.37. The van der Waals surface area contributed by atoms with Crippen molar-refractivity contribution in [2.75, 3.05) is 14.2 Å². The highest BCUT2D eigenvalue weighted by Gasteiger charge is 2.61. The molecule has 1 aliphatic heterocycles. The quantitative estimate of drug-likeness (QED) is 0.814. The Bertz CT molecular complexity index is 780. The number of hydrogen-bond donors (Lipinski definition) is 1. The van der Waals surface area contributed by atoms with Crippen molar-refractivity contribution in [3.8, 4) is 5.75 Å². The largest absolute Gasteiger partial charge is 0.497 e. The summed E-state index contributed by atoms with van der Waals surface area (Å²) < 4.78 is 40.0. The van der Waals surface area contributed by atoms with E-state index in [0.717, 1.165) is 7.11 Å². The third kappa shape index (κ3) is 3.27. The van der Waals surface area contributed by atoms with E-state index in [1.165, 1.54) is 7.11 Å². The van der Waals surface area contributed by atoms with Crippen LogP contribution in [0.5, 0.6) is 5.75 Å². The van der Waals surface area contributed by atoms with Gasteiger partial charge in [-0.15, -0.1) is 0 Å². The van der Waals surface area contributed by atoms with Gasteiger partial charge in [-0.3, -0.25) is 10.1 Å². The molecule has 0 unspecified atom stereocenters. The summed E-state index contributed by atoms with van der Waals surface area (Å²) in [6.07, 6.45) is 0. The summed E-state index contributed by atoms with van der Waals surface area (Å²) in [5, 5.41) is 3.20. The van der Waals surface area contributed by atoms with Crippen molar-refractivity contribution >= 4 is 17.6 Å². The van der Waals surface area contributed by atoms with E-state index >= 15 is 8.78 Å². The molecule has 0 spiro atoms. The van der Waals surface area contributed by atoms with Crippen molar-refractivity contribution in [2.24, 2.45) is 0 Å². The van der Waals surface area contributed by atoms with Crippen molar-refractivity contribution in [3.63, 3.8) is 0 Å². The van der Waals surface area contributed by atoms with E-state index < -0.39 is 29.9 Å². The summed E-state index contributed by atoms with van der Waals surface area (Å²) in [7, 11) is 2.62. The number of benzene rings is 2. The molecule has 1 N–H and O–H groups in total. The second-order valence-electron chi connectivity index (χ2n) is 6.08. The number of methoxy groups -OCH3 is 2. The van der Waals surface area contributed by atoms with E-state index in [2.05, 4.69) is 10.1 Å². The first-order valence-electron chi connectivity index (χ1n) is 7.99. The van der Waals surface area contributed by atoms with E-state index in [9.17, 15) is 4.79 Å². The van der Waals surface area contributed by atoms with E-state index in [1.807, 2.05) is 0 Å². The van der Waals surface area contributed by atoms with Gasteiger partial charge in [0, 0.05) is 11.1 Å². The standard InChI is InChI=1S/C19H18ClF2NO3/c1-25-14-9-5-12(6-10-14)16-15(11-3-7-13(20)8-4-11)19(21,22)17(23-16)18(24)26-2/h3-10,15-17,23H,1-2H3/t15-,16-,17+/m0/s1. The van der Waals surface area contributed by atoms with Gasteiger partial charge >= 0.3 is 5.97 Å². The molecule has 0 bridgehead atoms. The Labute approximate surface area is 155 Å². The SMILES string of the molecule is COC(=O)[C@H]1N[C@@H](c2ccc(OC)cc2)[C@H](c2ccc(Cl)cc2)C1(F)F. The van der Waals surface area contributed by atoms with Crippen molar-refractivity contribution in [1.29, 1.82) is 0 Å². The number of rotatable bonds is 4. The van der Waals surface area contributed by atoms with Crippen LogP contribution in [-0.4, -0.2) is 32.2 Å². The second-order valence-corrected chi connectivity index (χ2v) is 6.51. The lowest BCUT2D eigenvalue weighted by Gasteiger charge is -2.25. The number of ether oxygens (including phenoxy) is 2. The summed E-state index contributed by atoms with van der Waals surface area (Å²) in [5.74, 6) is -4.97. The van der Waals surface area contributed by atoms with E-state index in [0.29, 0.717) is 21.9 Å². The summed E-state index contributed by atoms with van der Waals surface area (Å²) in [4.78, 5) is 11.9. The molecule has 0 amide bonds. The van der Waals surface area contributed by atoms with E-state index in [-0.39, 0.29) is 0 Å². The Kier molecular flexibility index (Phi) is 5.16. The molecule has 3 atom stereocenters. The summed E-state index contributed by atoms with van der Waals surface area (Å²) in [6.45, 7) is 0. The van der Waals surface area contributed by atoms with Gasteiger partial charge in [0.1, 0.15) is 5.75 Å². The van der Waals surface area contributed by atoms with Crippen molar-refractivity contribution in [2.45, 2.75) is 23.9 Å². The fourth-order valence-electron chi connectivity index (χ4n) is 3.32. The predicted molar refractivity (Wildman–Crippen MR) is 93.8 cm³/mol. The first kappa shape index (κ1) is 18.6. The molecule has 3 rings (SSSR count). The second kappa shape index (κ2) is 7.21. The Morgan fingerprint density at radius 2 is 1.62 bits per heavy atom. The highest BCUT2D eigenvalue weighted by Crippen LogP contribution is 2.50. The van der Waals surface area contributed by atoms with Crippen LogP contribution in [0.25, 0.3) is 0 Å². The molecule has 2 aromatic carbocycles. The van der Waals surface area contributed by atoms with Gasteiger partial charge in [-0.2, -0.15) is 0 Å². The number of hydrogen-bond acceptors (Lipinski definition) is 4. The molecule has 7 heteroatoms. The smallest absolute Gasteiger partial charge is 0.329 e. The van der Waals surface area contributed by atoms with Crippen LogP contribution in [0.1, 0.15) is 23.1 Å². The van der Waals surface area contributed by atoms with Crippen LogP contribution in [0.4, 0.5) is 8.78 Å². The van der Waals surface area contributed by atoms with Gasteiger partial charge in [-0.05, 0) is 35.4 Å². The number of alkyl halides is 2. The average Bonchev–Trinajstić information content (AvgIpc) is 2.93. The molecular weight excluding hydrogens is 364 g/mol. The Morgan fingerprint density at radius 3 is 2.15 bits per heavy atom. The van der Waals surface area contributed by atoms with Gasteiger partial charge in [-0.25, -0.2) is 8.78 Å². The fraction of sp³-hybridized carbons (Fsp3) is 0.316. The summed E-state index contributed by atoms with van der Waals surface area (Å²) in [6, 6.07) is 10.5. The normalized spacial score (nSPS) is 24.3. The molecule has 0 radical (unpaired) electrons. The van der Waals surface area contributed by atoms with E-state index in [1.54, 1.807) is 48.5 Å². The number of carbonyl (C=O) groups is 1. The Morgan fingerprint density at radius 1 is 1.04 bits per heavy atom. The van der Waals surface area contributed by atoms with Crippen LogP contribution in [0.2, 0.25) is 5.02 Å². The Hall–Kier alpha value is -2.18. The number of esters is 1. The first-order chi connectivity index (χ1) is 12.4. The van der Waals surface area contributed by atoms with Crippen LogP contribution >= 0.6 is 11.6 Å². The molecule has 1 aliphatic rings. The molecule has 1 saturated heterocycles. The summed E-state index contributed by atoms with van der Waals surface area (Å²) >= 11 is 5.89. The highest BCUT2D eigenvalue weighted by atomic mass is 35.5. The van der Waals surface area contributed by atoms with Gasteiger partial charge in [-0.1, -0.05) is 35.9 Å². The van der Waals surface area contributed by atoms with Gasteiger partial charge < -0.3 is 9.47 Å². The van der Waals surface area contributed by atoms with Crippen LogP contribution in [0, 0.1) is 0 Å². The lowest BCUT2D eigenvalue weighted by Crippen LogP contribution is -2.44. The summed E-state index contributed by atoms with van der Waals surface area (Å²) in [5.41, 5.74) is 1.01. The highest BCUT2D eigenvalue weighted by molar-refractivity contribution is 6.30. The molecule has 1 heterocycles. The molecule has 138 valence electrons. The maximum Gasteiger partial charge on any atom is 0.329 e. The molecule has 0 saturated carbocycles. The van der Waals surface area contributed by atoms with Crippen LogP contribution < -0.4 is 10.1 Å². The minimum absolute atomic E-state index is 0.388. The fourth-order valence-corrected chi connectivity index (χ4v) is 3.44. The van der Waals surface area contributed by atoms with Gasteiger partial charge in [0.2, 0.25) is 0 Å². The third-order valence-corrected chi connectivity index (χ3v) is 4.87. The van der Waals surface area contributed by atoms with E-state index in [4.69, 9.17) is 16.3 Å². The molecule has 0 aliphatic carbocycles. The predicted octanol–water partition coefficient (Wildman–Crippen LogP) is 3.95. The molecular formula is C19H18ClF2NO3. The topological polar surface area (TPSA) is 47.6 Å². The lowest BCUT2D eigenvalue weighted by atomic mass is 9.84. The molecule has 1 fully saturated rings. The molecule has 26 heavy (non-hydrogen) atoms. The monoisotopic (exact) mass is 381 g/mol. The van der Waals surface area contributed by atoms with Gasteiger partial charge in [0.05, 0.1) is 20.1 Å². The molecule has 4 nitrogen and oxygen atoms in total. The number of nitrogens with one attached hydrogen (secondary N) is 1. The lowest BCUT2D eigenvalue weighted by molar-refractivity contribution is -0.151. The average molecular weight is 382 g/mol. The number of carbonyl (C=O) groups excluding carboxylic acids is 1. The zero-order valence-corrected chi connectivity index (χ0v) is 15.0.